The zero-order valence-electron chi connectivity index (χ0n) is 45.3. The molecular weight excluding hydrogens is 903 g/mol. The number of carboxylic acid groups (broad SMARTS) is 1. The number of aliphatic hydroxyl groups is 1. The average molecular weight is 996 g/mol. The smallest absolute Gasteiger partial charge is 0.328 e. The van der Waals surface area contributed by atoms with Gasteiger partial charge in [0.15, 0.2) is 6.04 Å². The summed E-state index contributed by atoms with van der Waals surface area (Å²) < 4.78 is 0. The van der Waals surface area contributed by atoms with Crippen LogP contribution in [0.2, 0.25) is 0 Å². The van der Waals surface area contributed by atoms with Crippen molar-refractivity contribution < 1.29 is 53.4 Å². The third-order valence-electron chi connectivity index (χ3n) is 11.4. The molecule has 0 saturated heterocycles. The van der Waals surface area contributed by atoms with Crippen LogP contribution in [0.25, 0.3) is 0 Å². The van der Waals surface area contributed by atoms with Crippen molar-refractivity contribution in [3.63, 3.8) is 0 Å². The molecule has 20 nitrogen and oxygen atoms in total. The highest BCUT2D eigenvalue weighted by Crippen LogP contribution is 2.15. The monoisotopic (exact) mass is 996 g/mol. The van der Waals surface area contributed by atoms with E-state index in [1.54, 1.807) is 41.5 Å². The molecule has 0 bridgehead atoms. The molecule has 0 aromatic rings. The maximum Gasteiger partial charge on any atom is 0.328 e. The summed E-state index contributed by atoms with van der Waals surface area (Å²) in [4.78, 5) is 122. The normalized spacial score (nSPS) is 16.2. The van der Waals surface area contributed by atoms with Gasteiger partial charge in [-0.2, -0.15) is 0 Å². The molecule has 8 amide bonds. The zero-order valence-corrected chi connectivity index (χ0v) is 45.3. The van der Waals surface area contributed by atoms with Crippen molar-refractivity contribution in [2.24, 2.45) is 53.1 Å². The first kappa shape index (κ1) is 65.1. The lowest BCUT2D eigenvalue weighted by Crippen LogP contribution is -2.61. The maximum atomic E-state index is 14.2. The van der Waals surface area contributed by atoms with E-state index in [2.05, 4.69) is 42.5 Å². The van der Waals surface area contributed by atoms with E-state index in [-0.39, 0.29) is 80.0 Å². The molecule has 0 fully saturated rings. The first-order valence-corrected chi connectivity index (χ1v) is 25.3. The van der Waals surface area contributed by atoms with Gasteiger partial charge < -0.3 is 58.5 Å². The molecule has 404 valence electrons. The second-order valence-electron chi connectivity index (χ2n) is 22.2. The molecule has 0 aliphatic heterocycles. The Morgan fingerprint density at radius 3 is 0.743 bits per heavy atom. The molecule has 70 heavy (non-hydrogen) atoms. The van der Waals surface area contributed by atoms with E-state index in [4.69, 9.17) is 5.73 Å². The minimum Gasteiger partial charge on any atom is -0.480 e. The molecule has 12 N–H and O–H groups in total. The predicted octanol–water partition coefficient (Wildman–Crippen LogP) is 2.25. The molecular formula is C50H93N9O11. The molecule has 0 rings (SSSR count). The molecule has 0 saturated carbocycles. The van der Waals surface area contributed by atoms with Gasteiger partial charge in [-0.25, -0.2) is 4.79 Å². The fourth-order valence-electron chi connectivity index (χ4n) is 7.57. The number of aliphatic hydroxyl groups excluding tert-OH is 1. The van der Waals surface area contributed by atoms with Crippen molar-refractivity contribution in [2.75, 3.05) is 0 Å². The number of rotatable bonds is 32. The first-order chi connectivity index (χ1) is 32.2. The molecule has 0 aromatic heterocycles. The minimum atomic E-state index is -1.63. The Hall–Kier alpha value is -4.85. The summed E-state index contributed by atoms with van der Waals surface area (Å²) in [6, 6.07) is -10.4. The van der Waals surface area contributed by atoms with Crippen molar-refractivity contribution >= 4 is 53.2 Å². The van der Waals surface area contributed by atoms with Crippen LogP contribution in [0.15, 0.2) is 0 Å². The van der Waals surface area contributed by atoms with Gasteiger partial charge in [0.2, 0.25) is 47.3 Å². The van der Waals surface area contributed by atoms with Gasteiger partial charge in [0.25, 0.3) is 0 Å². The summed E-state index contributed by atoms with van der Waals surface area (Å²) >= 11 is 0. The van der Waals surface area contributed by atoms with E-state index in [1.807, 2.05) is 69.2 Å². The van der Waals surface area contributed by atoms with Gasteiger partial charge in [-0.1, -0.05) is 111 Å². The highest BCUT2D eigenvalue weighted by molar-refractivity contribution is 5.98. The van der Waals surface area contributed by atoms with Crippen LogP contribution in [0.1, 0.15) is 156 Å². The lowest BCUT2D eigenvalue weighted by Gasteiger charge is -2.30. The second kappa shape index (κ2) is 31.5. The van der Waals surface area contributed by atoms with E-state index in [0.717, 1.165) is 0 Å². The summed E-state index contributed by atoms with van der Waals surface area (Å²) in [6.45, 7) is 30.5. The van der Waals surface area contributed by atoms with Crippen LogP contribution in [-0.2, 0) is 43.2 Å². The van der Waals surface area contributed by atoms with Gasteiger partial charge in [-0.05, 0) is 92.8 Å². The van der Waals surface area contributed by atoms with Crippen LogP contribution in [0, 0.1) is 47.3 Å². The highest BCUT2D eigenvalue weighted by atomic mass is 16.4. The van der Waals surface area contributed by atoms with Crippen LogP contribution < -0.4 is 48.3 Å². The standard InChI is InChI=1S/C50H93N9O11/c1-24(2)18-33(53-44(63)35(20-26(5)6)56-48(67)39(51)30(13)14)42(61)52-34(19-25(3)4)43(62)54-37(22-28(9)10)46(65)58-40(31(15)16)49(68)57-36(21-27(7)8)45(64)55-38(23-29(11)12)47(66)59-41(32(17)60)50(69)70/h24-41,60H,18-23,51H2,1-17H3,(H,52,61)(H,53,63)(H,54,62)(H,55,64)(H,56,67)(H,57,68)(H,58,65)(H,59,66)(H,69,70)/t32-,33+,34+,35+,36+,37+,38+,39+,40+,41+/m1/s1. The van der Waals surface area contributed by atoms with Crippen molar-refractivity contribution in [1.29, 1.82) is 0 Å². The van der Waals surface area contributed by atoms with Crippen molar-refractivity contribution in [3.8, 4) is 0 Å². The SMILES string of the molecule is CC(C)C[C@H](NC(=O)[C@H](CC(C)C)NC(=O)[C@H](CC(C)C)NC(=O)[C@@H](N)C(C)C)C(=O)N[C@@H](CC(C)C)C(=O)N[C@H](C(=O)N[C@@H](CC(C)C)C(=O)N[C@@H](CC(C)C)C(=O)N[C@H](C(=O)O)[C@@H](C)O)C(C)C. The van der Waals surface area contributed by atoms with Gasteiger partial charge in [0.05, 0.1) is 12.1 Å². The number of carboxylic acids is 1. The molecule has 20 heteroatoms. The number of carbonyl (C=O) groups is 9. The Morgan fingerprint density at radius 1 is 0.329 bits per heavy atom. The van der Waals surface area contributed by atoms with Gasteiger partial charge in [0.1, 0.15) is 42.3 Å². The molecule has 0 spiro atoms. The molecule has 0 unspecified atom stereocenters. The zero-order chi connectivity index (χ0) is 54.5. The third-order valence-corrected chi connectivity index (χ3v) is 11.4. The maximum absolute atomic E-state index is 14.2. The minimum absolute atomic E-state index is 0.00631. The molecule has 10 atom stereocenters. The van der Waals surface area contributed by atoms with Crippen LogP contribution in [-0.4, -0.2) is 124 Å². The van der Waals surface area contributed by atoms with Gasteiger partial charge in [0, 0.05) is 0 Å². The van der Waals surface area contributed by atoms with E-state index in [1.165, 1.54) is 6.92 Å². The lowest BCUT2D eigenvalue weighted by atomic mass is 9.97. The van der Waals surface area contributed by atoms with Crippen LogP contribution in [0.4, 0.5) is 0 Å². The van der Waals surface area contributed by atoms with Crippen LogP contribution >= 0.6 is 0 Å². The largest absolute Gasteiger partial charge is 0.480 e. The van der Waals surface area contributed by atoms with Crippen LogP contribution in [0.5, 0.6) is 0 Å². The second-order valence-corrected chi connectivity index (χ2v) is 22.2. The summed E-state index contributed by atoms with van der Waals surface area (Å²) in [7, 11) is 0. The molecule has 0 aliphatic rings. The van der Waals surface area contributed by atoms with E-state index in [9.17, 15) is 53.4 Å². The quantitative estimate of drug-likeness (QED) is 0.0463. The molecule has 0 aliphatic carbocycles. The average Bonchev–Trinajstić information content (AvgIpc) is 3.20. The Balaban J connectivity index is 6.60. The van der Waals surface area contributed by atoms with E-state index >= 15 is 0 Å². The first-order valence-electron chi connectivity index (χ1n) is 25.3. The van der Waals surface area contributed by atoms with Gasteiger partial charge in [-0.3, -0.25) is 38.4 Å². The third kappa shape index (κ3) is 24.8. The molecule has 0 aromatic carbocycles. The van der Waals surface area contributed by atoms with Crippen molar-refractivity contribution in [1.82, 2.24) is 42.5 Å². The fraction of sp³-hybridized carbons (Fsp3) is 0.820. The van der Waals surface area contributed by atoms with Crippen molar-refractivity contribution in [3.05, 3.63) is 0 Å². The Labute approximate surface area is 417 Å². The van der Waals surface area contributed by atoms with Gasteiger partial charge in [-0.15, -0.1) is 0 Å². The lowest BCUT2D eigenvalue weighted by molar-refractivity contribution is -0.145. The number of hydrogen-bond acceptors (Lipinski definition) is 11. The van der Waals surface area contributed by atoms with Gasteiger partial charge >= 0.3 is 5.97 Å². The Bertz CT molecular complexity index is 1720. The summed E-state index contributed by atoms with van der Waals surface area (Å²) in [6.07, 6.45) is -0.358. The fourth-order valence-corrected chi connectivity index (χ4v) is 7.57. The predicted molar refractivity (Wildman–Crippen MR) is 269 cm³/mol. The Kier molecular flexibility index (Phi) is 29.3. The topological polar surface area (TPSA) is 316 Å². The van der Waals surface area contributed by atoms with Crippen LogP contribution in [0.3, 0.4) is 0 Å². The molecule has 0 heterocycles. The number of nitrogens with one attached hydrogen (secondary N) is 8. The number of nitrogens with two attached hydrogens (primary N) is 1. The van der Waals surface area contributed by atoms with E-state index < -0.39 is 120 Å². The summed E-state index contributed by atoms with van der Waals surface area (Å²) in [5, 5.41) is 41.1. The number of aliphatic carboxylic acids is 1. The van der Waals surface area contributed by atoms with Crippen molar-refractivity contribution in [2.45, 2.75) is 217 Å². The van der Waals surface area contributed by atoms with E-state index in [0.29, 0.717) is 0 Å². The highest BCUT2D eigenvalue weighted by Gasteiger charge is 2.37. The summed E-state index contributed by atoms with van der Waals surface area (Å²) in [5.41, 5.74) is 6.07. The molecule has 0 radical (unpaired) electrons. The number of amides is 8. The summed E-state index contributed by atoms with van der Waals surface area (Å²) in [5.74, 6) is -7.97. The number of carbonyl (C=O) groups excluding carboxylic acids is 8. The number of hydrogen-bond donors (Lipinski definition) is 11. The Morgan fingerprint density at radius 2 is 0.543 bits per heavy atom.